The number of hydrogen-bond acceptors (Lipinski definition) is 5. The molecule has 2 aromatic carbocycles. The molecule has 1 aliphatic rings. The molecule has 0 amide bonds. The van der Waals surface area contributed by atoms with Gasteiger partial charge in [0.1, 0.15) is 5.69 Å². The molecule has 0 fully saturated rings. The van der Waals surface area contributed by atoms with Crippen LogP contribution in [0.1, 0.15) is 25.0 Å². The highest BCUT2D eigenvalue weighted by Crippen LogP contribution is 2.42. The van der Waals surface area contributed by atoms with Gasteiger partial charge in [-0.1, -0.05) is 50.2 Å². The van der Waals surface area contributed by atoms with Crippen molar-refractivity contribution in [2.75, 3.05) is 31.1 Å². The molecular formula is C27H27N5. The summed E-state index contributed by atoms with van der Waals surface area (Å²) >= 11 is 0. The van der Waals surface area contributed by atoms with Crippen LogP contribution in [0, 0.1) is 0 Å². The van der Waals surface area contributed by atoms with Gasteiger partial charge in [0.15, 0.2) is 5.82 Å². The first-order valence-electron chi connectivity index (χ1n) is 11.3. The van der Waals surface area contributed by atoms with Crippen molar-refractivity contribution in [1.82, 2.24) is 14.9 Å². The predicted molar refractivity (Wildman–Crippen MR) is 133 cm³/mol. The standard InChI is InChI=1S/C27H27N5/c1-3-31(4-2)17-18-32-26-22-11-6-5-9-20(22)13-14-23(26)25(21-10-7-15-28-19-21)30-24-12-8-16-29-27(24)32/h5-16,19H,3-4,17-18H2,1-2H3. The number of hydrogen-bond donors (Lipinski definition) is 0. The summed E-state index contributed by atoms with van der Waals surface area (Å²) in [5.74, 6) is 0.899. The van der Waals surface area contributed by atoms with E-state index in [1.54, 1.807) is 6.20 Å². The molecule has 160 valence electrons. The maximum absolute atomic E-state index is 5.13. The summed E-state index contributed by atoms with van der Waals surface area (Å²) in [6, 6.07) is 21.0. The highest BCUT2D eigenvalue weighted by atomic mass is 15.2. The molecule has 0 unspecified atom stereocenters. The Morgan fingerprint density at radius 1 is 0.875 bits per heavy atom. The van der Waals surface area contributed by atoms with E-state index in [1.165, 1.54) is 10.8 Å². The second-order valence-electron chi connectivity index (χ2n) is 7.91. The molecule has 5 rings (SSSR count). The summed E-state index contributed by atoms with van der Waals surface area (Å²) < 4.78 is 0. The van der Waals surface area contributed by atoms with Crippen LogP contribution in [0.25, 0.3) is 10.8 Å². The molecule has 5 heteroatoms. The largest absolute Gasteiger partial charge is 0.322 e. The Hall–Kier alpha value is -3.57. The number of anilines is 2. The van der Waals surface area contributed by atoms with Crippen molar-refractivity contribution < 1.29 is 0 Å². The minimum atomic E-state index is 0.836. The number of likely N-dealkylation sites (N-methyl/N-ethyl adjacent to an activating group) is 1. The summed E-state index contributed by atoms with van der Waals surface area (Å²) in [5.41, 5.74) is 5.08. The first-order chi connectivity index (χ1) is 15.8. The first kappa shape index (κ1) is 20.3. The van der Waals surface area contributed by atoms with Gasteiger partial charge >= 0.3 is 0 Å². The zero-order valence-electron chi connectivity index (χ0n) is 18.6. The summed E-state index contributed by atoms with van der Waals surface area (Å²) in [7, 11) is 0. The molecule has 32 heavy (non-hydrogen) atoms. The molecule has 3 heterocycles. The molecule has 0 spiro atoms. The molecule has 4 aromatic rings. The van der Waals surface area contributed by atoms with E-state index in [1.807, 2.05) is 24.5 Å². The number of benzene rings is 2. The monoisotopic (exact) mass is 421 g/mol. The minimum absolute atomic E-state index is 0.836. The fourth-order valence-electron chi connectivity index (χ4n) is 4.43. The van der Waals surface area contributed by atoms with Gasteiger partial charge in [-0.25, -0.2) is 9.98 Å². The van der Waals surface area contributed by atoms with Crippen LogP contribution in [0.4, 0.5) is 17.2 Å². The second kappa shape index (κ2) is 8.89. The molecule has 0 saturated heterocycles. The highest BCUT2D eigenvalue weighted by molar-refractivity contribution is 6.21. The van der Waals surface area contributed by atoms with E-state index in [2.05, 4.69) is 77.2 Å². The van der Waals surface area contributed by atoms with Crippen molar-refractivity contribution in [1.29, 1.82) is 0 Å². The molecule has 0 N–H and O–H groups in total. The van der Waals surface area contributed by atoms with Crippen molar-refractivity contribution in [3.8, 4) is 0 Å². The summed E-state index contributed by atoms with van der Waals surface area (Å²) in [5, 5.41) is 2.42. The van der Waals surface area contributed by atoms with E-state index >= 15 is 0 Å². The Morgan fingerprint density at radius 3 is 2.53 bits per heavy atom. The Balaban J connectivity index is 1.78. The van der Waals surface area contributed by atoms with Gasteiger partial charge in [-0.15, -0.1) is 0 Å². The van der Waals surface area contributed by atoms with E-state index in [0.29, 0.717) is 0 Å². The lowest BCUT2D eigenvalue weighted by atomic mass is 9.96. The van der Waals surface area contributed by atoms with Gasteiger partial charge in [0, 0.05) is 48.2 Å². The molecule has 1 aliphatic heterocycles. The van der Waals surface area contributed by atoms with Gasteiger partial charge in [0.05, 0.1) is 11.4 Å². The molecule has 0 aliphatic carbocycles. The Kier molecular flexibility index (Phi) is 5.65. The Morgan fingerprint density at radius 2 is 1.72 bits per heavy atom. The average Bonchev–Trinajstić information content (AvgIpc) is 3.00. The third kappa shape index (κ3) is 3.65. The van der Waals surface area contributed by atoms with Crippen molar-refractivity contribution in [3.63, 3.8) is 0 Å². The molecule has 0 radical (unpaired) electrons. The van der Waals surface area contributed by atoms with Crippen LogP contribution < -0.4 is 4.90 Å². The van der Waals surface area contributed by atoms with Gasteiger partial charge in [0.2, 0.25) is 0 Å². The van der Waals surface area contributed by atoms with E-state index in [-0.39, 0.29) is 0 Å². The number of pyridine rings is 2. The van der Waals surface area contributed by atoms with Crippen LogP contribution in [0.3, 0.4) is 0 Å². The van der Waals surface area contributed by atoms with Gasteiger partial charge in [-0.05, 0) is 42.7 Å². The van der Waals surface area contributed by atoms with Crippen LogP contribution in [0.5, 0.6) is 0 Å². The van der Waals surface area contributed by atoms with Crippen LogP contribution in [0.15, 0.2) is 84.2 Å². The lowest BCUT2D eigenvalue weighted by Gasteiger charge is -2.29. The van der Waals surface area contributed by atoms with Crippen LogP contribution in [-0.2, 0) is 0 Å². The SMILES string of the molecule is CCN(CC)CCN1c2ncccc2N=C(c2cccnc2)c2ccc3ccccc3c21. The van der Waals surface area contributed by atoms with Crippen molar-refractivity contribution >= 4 is 33.7 Å². The second-order valence-corrected chi connectivity index (χ2v) is 7.91. The maximum Gasteiger partial charge on any atom is 0.159 e. The van der Waals surface area contributed by atoms with E-state index < -0.39 is 0 Å². The molecule has 5 nitrogen and oxygen atoms in total. The van der Waals surface area contributed by atoms with Crippen LogP contribution in [0.2, 0.25) is 0 Å². The van der Waals surface area contributed by atoms with E-state index in [4.69, 9.17) is 9.98 Å². The van der Waals surface area contributed by atoms with E-state index in [0.717, 1.165) is 60.2 Å². The normalized spacial score (nSPS) is 13.0. The predicted octanol–water partition coefficient (Wildman–Crippen LogP) is 5.59. The third-order valence-corrected chi connectivity index (χ3v) is 6.15. The molecule has 0 bridgehead atoms. The summed E-state index contributed by atoms with van der Waals surface area (Å²) in [4.78, 5) is 19.1. The zero-order chi connectivity index (χ0) is 21.9. The average molecular weight is 422 g/mol. The summed E-state index contributed by atoms with van der Waals surface area (Å²) in [6.45, 7) is 8.27. The van der Waals surface area contributed by atoms with Gasteiger partial charge < -0.3 is 9.80 Å². The maximum atomic E-state index is 5.13. The fraction of sp³-hybridized carbons (Fsp3) is 0.222. The molecular weight excluding hydrogens is 394 g/mol. The lowest BCUT2D eigenvalue weighted by Crippen LogP contribution is -2.33. The van der Waals surface area contributed by atoms with Gasteiger partial charge in [0.25, 0.3) is 0 Å². The fourth-order valence-corrected chi connectivity index (χ4v) is 4.43. The van der Waals surface area contributed by atoms with Crippen molar-refractivity contribution in [2.24, 2.45) is 4.99 Å². The van der Waals surface area contributed by atoms with Gasteiger partial charge in [-0.2, -0.15) is 0 Å². The minimum Gasteiger partial charge on any atom is -0.322 e. The number of aliphatic imine (C=N–C) groups is 1. The number of nitrogens with zero attached hydrogens (tertiary/aromatic N) is 5. The van der Waals surface area contributed by atoms with Crippen molar-refractivity contribution in [3.05, 3.63) is 90.4 Å². The van der Waals surface area contributed by atoms with Crippen molar-refractivity contribution in [2.45, 2.75) is 13.8 Å². The zero-order valence-corrected chi connectivity index (χ0v) is 18.6. The molecule has 0 atom stereocenters. The number of rotatable bonds is 6. The Bertz CT molecular complexity index is 1260. The van der Waals surface area contributed by atoms with Gasteiger partial charge in [-0.3, -0.25) is 4.98 Å². The first-order valence-corrected chi connectivity index (χ1v) is 11.3. The van der Waals surface area contributed by atoms with Crippen LogP contribution >= 0.6 is 0 Å². The topological polar surface area (TPSA) is 44.6 Å². The summed E-state index contributed by atoms with van der Waals surface area (Å²) in [6.07, 6.45) is 5.55. The van der Waals surface area contributed by atoms with Crippen LogP contribution in [-0.4, -0.2) is 46.8 Å². The Labute approximate surface area is 189 Å². The smallest absolute Gasteiger partial charge is 0.159 e. The lowest BCUT2D eigenvalue weighted by molar-refractivity contribution is 0.312. The quantitative estimate of drug-likeness (QED) is 0.407. The highest BCUT2D eigenvalue weighted by Gasteiger charge is 2.27. The molecule has 2 aromatic heterocycles. The number of fused-ring (bicyclic) bond motifs is 4. The molecule has 0 saturated carbocycles. The number of aromatic nitrogens is 2. The third-order valence-electron chi connectivity index (χ3n) is 6.15. The van der Waals surface area contributed by atoms with E-state index in [9.17, 15) is 0 Å².